The van der Waals surface area contributed by atoms with Crippen molar-refractivity contribution in [1.82, 2.24) is 0 Å². The first kappa shape index (κ1) is 17.5. The molecule has 0 radical (unpaired) electrons. The Balaban J connectivity index is 1.92. The number of ether oxygens (including phenoxy) is 2. The van der Waals surface area contributed by atoms with Crippen LogP contribution in [0.3, 0.4) is 0 Å². The Labute approximate surface area is 150 Å². The summed E-state index contributed by atoms with van der Waals surface area (Å²) in [6.07, 6.45) is 3.14. The Bertz CT molecular complexity index is 780. The number of benzene rings is 2. The third-order valence-corrected chi connectivity index (χ3v) is 5.30. The van der Waals surface area contributed by atoms with Crippen LogP contribution >= 0.6 is 0 Å². The lowest BCUT2D eigenvalue weighted by Gasteiger charge is -2.37. The van der Waals surface area contributed by atoms with Crippen molar-refractivity contribution >= 4 is 6.29 Å². The largest absolute Gasteiger partial charge is 0.488 e. The summed E-state index contributed by atoms with van der Waals surface area (Å²) < 4.78 is 12.5. The Morgan fingerprint density at radius 1 is 1.12 bits per heavy atom. The molecular formula is C22H26O3. The molecular weight excluding hydrogens is 312 g/mol. The van der Waals surface area contributed by atoms with Crippen molar-refractivity contribution in [2.75, 3.05) is 0 Å². The molecule has 0 aliphatic carbocycles. The van der Waals surface area contributed by atoms with E-state index in [-0.39, 0.29) is 0 Å². The summed E-state index contributed by atoms with van der Waals surface area (Å²) in [5.41, 5.74) is 5.36. The monoisotopic (exact) mass is 338 g/mol. The minimum Gasteiger partial charge on any atom is -0.488 e. The second kappa shape index (κ2) is 6.91. The van der Waals surface area contributed by atoms with Crippen LogP contribution in [0.5, 0.6) is 11.5 Å². The zero-order chi connectivity index (χ0) is 18.0. The number of hydrogen-bond acceptors (Lipinski definition) is 3. The zero-order valence-corrected chi connectivity index (χ0v) is 15.5. The second-order valence-electron chi connectivity index (χ2n) is 7.21. The smallest absolute Gasteiger partial charge is 0.127 e. The van der Waals surface area contributed by atoms with Gasteiger partial charge in [-0.25, -0.2) is 0 Å². The highest BCUT2D eigenvalue weighted by atomic mass is 16.5. The molecule has 0 spiro atoms. The SMILES string of the molecule is Cc1c(C)c2c(c(C)c1OCc1ccccc1)CC[C@](C)(CC=O)O2. The number of hydrogen-bond donors (Lipinski definition) is 0. The van der Waals surface area contributed by atoms with Crippen LogP contribution in [0.4, 0.5) is 0 Å². The topological polar surface area (TPSA) is 35.5 Å². The highest BCUT2D eigenvalue weighted by molar-refractivity contribution is 5.60. The van der Waals surface area contributed by atoms with Crippen LogP contribution in [0.2, 0.25) is 0 Å². The van der Waals surface area contributed by atoms with Crippen LogP contribution in [0.25, 0.3) is 0 Å². The molecule has 0 saturated heterocycles. The third-order valence-electron chi connectivity index (χ3n) is 5.30. The first-order valence-corrected chi connectivity index (χ1v) is 8.87. The summed E-state index contributed by atoms with van der Waals surface area (Å²) in [5, 5.41) is 0. The van der Waals surface area contributed by atoms with Crippen molar-refractivity contribution in [2.24, 2.45) is 0 Å². The number of rotatable bonds is 5. The van der Waals surface area contributed by atoms with Crippen molar-refractivity contribution in [1.29, 1.82) is 0 Å². The number of carbonyl (C=O) groups is 1. The average Bonchev–Trinajstić information content (AvgIpc) is 2.60. The highest BCUT2D eigenvalue weighted by Gasteiger charge is 2.34. The fourth-order valence-corrected chi connectivity index (χ4v) is 3.55. The van der Waals surface area contributed by atoms with E-state index in [2.05, 4.69) is 32.9 Å². The van der Waals surface area contributed by atoms with Gasteiger partial charge in [0, 0.05) is 12.0 Å². The molecule has 2 aromatic rings. The fourth-order valence-electron chi connectivity index (χ4n) is 3.55. The van der Waals surface area contributed by atoms with Gasteiger partial charge in [-0.05, 0) is 62.8 Å². The maximum atomic E-state index is 11.0. The van der Waals surface area contributed by atoms with E-state index in [1.54, 1.807) is 0 Å². The summed E-state index contributed by atoms with van der Waals surface area (Å²) >= 11 is 0. The molecule has 0 aromatic heterocycles. The van der Waals surface area contributed by atoms with Crippen molar-refractivity contribution in [3.8, 4) is 11.5 Å². The van der Waals surface area contributed by atoms with E-state index in [0.29, 0.717) is 13.0 Å². The summed E-state index contributed by atoms with van der Waals surface area (Å²) in [5.74, 6) is 1.90. The van der Waals surface area contributed by atoms with Gasteiger partial charge in [0.05, 0.1) is 0 Å². The minimum atomic E-state index is -0.398. The number of carbonyl (C=O) groups excluding carboxylic acids is 1. The van der Waals surface area contributed by atoms with Crippen molar-refractivity contribution in [3.05, 3.63) is 58.1 Å². The lowest BCUT2D eigenvalue weighted by Crippen LogP contribution is -2.37. The van der Waals surface area contributed by atoms with Gasteiger partial charge in [-0.15, -0.1) is 0 Å². The van der Waals surface area contributed by atoms with E-state index >= 15 is 0 Å². The molecule has 2 aromatic carbocycles. The molecule has 0 fully saturated rings. The lowest BCUT2D eigenvalue weighted by molar-refractivity contribution is -0.111. The minimum absolute atomic E-state index is 0.398. The van der Waals surface area contributed by atoms with Crippen LogP contribution < -0.4 is 9.47 Å². The summed E-state index contributed by atoms with van der Waals surface area (Å²) in [4.78, 5) is 11.0. The summed E-state index contributed by atoms with van der Waals surface area (Å²) in [7, 11) is 0. The van der Waals surface area contributed by atoms with Crippen LogP contribution in [-0.4, -0.2) is 11.9 Å². The average molecular weight is 338 g/mol. The molecule has 3 heteroatoms. The molecule has 0 amide bonds. The Morgan fingerprint density at radius 2 is 1.84 bits per heavy atom. The van der Waals surface area contributed by atoms with Crippen molar-refractivity contribution in [2.45, 2.75) is 59.2 Å². The molecule has 25 heavy (non-hydrogen) atoms. The number of aldehydes is 1. The molecule has 0 unspecified atom stereocenters. The molecule has 1 atom stereocenters. The van der Waals surface area contributed by atoms with E-state index in [0.717, 1.165) is 52.9 Å². The molecule has 3 rings (SSSR count). The van der Waals surface area contributed by atoms with E-state index < -0.39 is 5.60 Å². The predicted octanol–water partition coefficient (Wildman–Crippen LogP) is 4.86. The van der Waals surface area contributed by atoms with Gasteiger partial charge in [0.2, 0.25) is 0 Å². The number of fused-ring (bicyclic) bond motifs is 1. The van der Waals surface area contributed by atoms with E-state index in [9.17, 15) is 4.79 Å². The second-order valence-corrected chi connectivity index (χ2v) is 7.21. The van der Waals surface area contributed by atoms with E-state index in [1.165, 1.54) is 5.56 Å². The third kappa shape index (κ3) is 3.41. The quantitative estimate of drug-likeness (QED) is 0.730. The molecule has 3 nitrogen and oxygen atoms in total. The molecule has 132 valence electrons. The van der Waals surface area contributed by atoms with Gasteiger partial charge in [0.25, 0.3) is 0 Å². The molecule has 1 aliphatic rings. The van der Waals surface area contributed by atoms with Crippen LogP contribution in [-0.2, 0) is 17.8 Å². The molecule has 0 N–H and O–H groups in total. The molecule has 0 bridgehead atoms. The van der Waals surface area contributed by atoms with Crippen LogP contribution in [0, 0.1) is 20.8 Å². The van der Waals surface area contributed by atoms with Gasteiger partial charge in [-0.1, -0.05) is 30.3 Å². The summed E-state index contributed by atoms with van der Waals surface area (Å²) in [6.45, 7) is 8.85. The molecule has 1 aliphatic heterocycles. The first-order chi connectivity index (χ1) is 11.9. The summed E-state index contributed by atoms with van der Waals surface area (Å²) in [6, 6.07) is 10.2. The van der Waals surface area contributed by atoms with Crippen LogP contribution in [0.15, 0.2) is 30.3 Å². The van der Waals surface area contributed by atoms with Gasteiger partial charge in [-0.2, -0.15) is 0 Å². The van der Waals surface area contributed by atoms with Gasteiger partial charge < -0.3 is 14.3 Å². The van der Waals surface area contributed by atoms with Crippen molar-refractivity contribution in [3.63, 3.8) is 0 Å². The van der Waals surface area contributed by atoms with Gasteiger partial charge >= 0.3 is 0 Å². The van der Waals surface area contributed by atoms with Gasteiger partial charge in [-0.3, -0.25) is 0 Å². The van der Waals surface area contributed by atoms with Gasteiger partial charge in [0.15, 0.2) is 0 Å². The molecule has 0 saturated carbocycles. The molecule has 1 heterocycles. The van der Waals surface area contributed by atoms with Crippen molar-refractivity contribution < 1.29 is 14.3 Å². The first-order valence-electron chi connectivity index (χ1n) is 8.87. The lowest BCUT2D eigenvalue weighted by atomic mass is 9.86. The standard InChI is InChI=1S/C22H26O3/c1-15-16(2)21-19(10-11-22(4,25-21)12-13-23)17(3)20(15)24-14-18-8-6-5-7-9-18/h5-9,13H,10-12,14H2,1-4H3/t22-/m1/s1. The van der Waals surface area contributed by atoms with E-state index in [1.807, 2.05) is 25.1 Å². The van der Waals surface area contributed by atoms with Gasteiger partial charge in [0.1, 0.15) is 30.0 Å². The Morgan fingerprint density at radius 3 is 2.52 bits per heavy atom. The maximum Gasteiger partial charge on any atom is 0.127 e. The normalized spacial score (nSPS) is 19.0. The van der Waals surface area contributed by atoms with E-state index in [4.69, 9.17) is 9.47 Å². The maximum absolute atomic E-state index is 11.0. The Kier molecular flexibility index (Phi) is 4.85. The Hall–Kier alpha value is -2.29. The highest BCUT2D eigenvalue weighted by Crippen LogP contribution is 2.44. The fraction of sp³-hybridized carbons (Fsp3) is 0.409. The predicted molar refractivity (Wildman–Crippen MR) is 99.5 cm³/mol. The van der Waals surface area contributed by atoms with Crippen LogP contribution in [0.1, 0.15) is 47.6 Å². The zero-order valence-electron chi connectivity index (χ0n) is 15.5.